The number of aromatic nitrogens is 2. The Morgan fingerprint density at radius 2 is 1.87 bits per heavy atom. The van der Waals surface area contributed by atoms with Crippen LogP contribution in [0.4, 0.5) is 5.69 Å². The number of hydrogen-bond acceptors (Lipinski definition) is 5. The van der Waals surface area contributed by atoms with Crippen molar-refractivity contribution >= 4 is 44.4 Å². The largest absolute Gasteiger partial charge is 0.325 e. The molecule has 0 saturated carbocycles. The number of nitrogens with zero attached hydrogens (tertiary/aromatic N) is 3. The lowest BCUT2D eigenvalue weighted by molar-refractivity contribution is -0.113. The molecule has 1 aliphatic heterocycles. The summed E-state index contributed by atoms with van der Waals surface area (Å²) in [7, 11) is -3.52. The number of imidazole rings is 1. The minimum Gasteiger partial charge on any atom is -0.325 e. The van der Waals surface area contributed by atoms with E-state index in [-0.39, 0.29) is 22.6 Å². The Bertz CT molecular complexity index is 1200. The fourth-order valence-corrected chi connectivity index (χ4v) is 6.27. The van der Waals surface area contributed by atoms with Crippen LogP contribution in [0, 0.1) is 0 Å². The van der Waals surface area contributed by atoms with Gasteiger partial charge in [-0.25, -0.2) is 13.4 Å². The van der Waals surface area contributed by atoms with Gasteiger partial charge in [0.15, 0.2) is 5.16 Å². The van der Waals surface area contributed by atoms with Crippen molar-refractivity contribution in [3.63, 3.8) is 0 Å². The Kier molecular flexibility index (Phi) is 6.36. The van der Waals surface area contributed by atoms with Crippen LogP contribution >= 0.6 is 11.8 Å². The van der Waals surface area contributed by atoms with Gasteiger partial charge >= 0.3 is 0 Å². The van der Waals surface area contributed by atoms with Crippen LogP contribution in [0.2, 0.25) is 0 Å². The first-order chi connectivity index (χ1) is 14.9. The number of rotatable bonds is 7. The van der Waals surface area contributed by atoms with Crippen LogP contribution in [0.3, 0.4) is 0 Å². The Morgan fingerprint density at radius 1 is 1.13 bits per heavy atom. The first-order valence-electron chi connectivity index (χ1n) is 10.4. The van der Waals surface area contributed by atoms with Gasteiger partial charge in [0.25, 0.3) is 0 Å². The minimum absolute atomic E-state index is 0.180. The summed E-state index contributed by atoms with van der Waals surface area (Å²) < 4.78 is 29.2. The summed E-state index contributed by atoms with van der Waals surface area (Å²) in [6, 6.07) is 14.6. The van der Waals surface area contributed by atoms with Crippen LogP contribution in [-0.4, -0.2) is 47.0 Å². The Labute approximate surface area is 186 Å². The van der Waals surface area contributed by atoms with Crippen LogP contribution in [0.15, 0.2) is 58.6 Å². The maximum Gasteiger partial charge on any atom is 0.243 e. The fourth-order valence-electron chi connectivity index (χ4n) is 3.76. The number of hydrogen-bond donors (Lipinski definition) is 1. The summed E-state index contributed by atoms with van der Waals surface area (Å²) in [4.78, 5) is 17.4. The molecule has 0 aliphatic carbocycles. The van der Waals surface area contributed by atoms with Crippen molar-refractivity contribution in [3.05, 3.63) is 48.5 Å². The molecule has 1 amide bonds. The lowest BCUT2D eigenvalue weighted by Gasteiger charge is -2.16. The second kappa shape index (κ2) is 9.02. The molecule has 0 radical (unpaired) electrons. The van der Waals surface area contributed by atoms with Crippen LogP contribution in [-0.2, 0) is 14.8 Å². The van der Waals surface area contributed by atoms with Gasteiger partial charge in [0.05, 0.1) is 21.7 Å². The SMILES string of the molecule is CC(C)n1c(SCC(=O)Nc2cccc(S(=O)(=O)N3CCCC3)c2)nc2ccccc21. The van der Waals surface area contributed by atoms with E-state index in [4.69, 9.17) is 0 Å². The number of nitrogens with one attached hydrogen (secondary N) is 1. The monoisotopic (exact) mass is 458 g/mol. The molecule has 31 heavy (non-hydrogen) atoms. The molecule has 4 rings (SSSR count). The third-order valence-electron chi connectivity index (χ3n) is 5.23. The van der Waals surface area contributed by atoms with Crippen molar-refractivity contribution in [2.24, 2.45) is 0 Å². The van der Waals surface area contributed by atoms with Crippen LogP contribution < -0.4 is 5.32 Å². The molecule has 9 heteroatoms. The lowest BCUT2D eigenvalue weighted by atomic mass is 10.3. The molecule has 3 aromatic rings. The lowest BCUT2D eigenvalue weighted by Crippen LogP contribution is -2.28. The molecule has 0 bridgehead atoms. The molecule has 1 aliphatic rings. The normalized spacial score (nSPS) is 15.1. The Balaban J connectivity index is 1.45. The average Bonchev–Trinajstić information content (AvgIpc) is 3.40. The highest BCUT2D eigenvalue weighted by atomic mass is 32.2. The molecule has 7 nitrogen and oxygen atoms in total. The molecular weight excluding hydrogens is 432 g/mol. The van der Waals surface area contributed by atoms with E-state index in [1.165, 1.54) is 22.1 Å². The highest BCUT2D eigenvalue weighted by Crippen LogP contribution is 2.28. The Hall–Kier alpha value is -2.36. The van der Waals surface area contributed by atoms with Gasteiger partial charge in [0.2, 0.25) is 15.9 Å². The summed E-state index contributed by atoms with van der Waals surface area (Å²) in [5.74, 6) is -0.0258. The molecule has 1 fully saturated rings. The molecule has 1 saturated heterocycles. The second-order valence-corrected chi connectivity index (χ2v) is 10.7. The van der Waals surface area contributed by atoms with E-state index in [1.54, 1.807) is 18.2 Å². The van der Waals surface area contributed by atoms with Gasteiger partial charge in [-0.2, -0.15) is 4.31 Å². The van der Waals surface area contributed by atoms with E-state index in [0.717, 1.165) is 29.0 Å². The molecule has 0 unspecified atom stereocenters. The summed E-state index contributed by atoms with van der Waals surface area (Å²) in [6.45, 7) is 5.27. The van der Waals surface area contributed by atoms with Gasteiger partial charge in [0, 0.05) is 24.8 Å². The second-order valence-electron chi connectivity index (χ2n) is 7.82. The van der Waals surface area contributed by atoms with E-state index in [9.17, 15) is 13.2 Å². The van der Waals surface area contributed by atoms with E-state index in [0.29, 0.717) is 18.8 Å². The smallest absolute Gasteiger partial charge is 0.243 e. The zero-order valence-corrected chi connectivity index (χ0v) is 19.2. The average molecular weight is 459 g/mol. The summed E-state index contributed by atoms with van der Waals surface area (Å²) in [6.07, 6.45) is 1.77. The molecule has 0 spiro atoms. The summed E-state index contributed by atoms with van der Waals surface area (Å²) >= 11 is 1.37. The molecule has 1 aromatic heterocycles. The number of sulfonamides is 1. The zero-order chi connectivity index (χ0) is 22.0. The third-order valence-corrected chi connectivity index (χ3v) is 8.08. The zero-order valence-electron chi connectivity index (χ0n) is 17.6. The minimum atomic E-state index is -3.52. The van der Waals surface area contributed by atoms with Crippen LogP contribution in [0.5, 0.6) is 0 Å². The number of para-hydroxylation sites is 2. The Morgan fingerprint density at radius 3 is 2.61 bits per heavy atom. The highest BCUT2D eigenvalue weighted by molar-refractivity contribution is 7.99. The fraction of sp³-hybridized carbons (Fsp3) is 0.364. The number of amides is 1. The third kappa shape index (κ3) is 4.63. The number of benzene rings is 2. The molecule has 1 N–H and O–H groups in total. The van der Waals surface area contributed by atoms with Crippen molar-refractivity contribution in [2.45, 2.75) is 42.8 Å². The maximum absolute atomic E-state index is 12.8. The quantitative estimate of drug-likeness (QED) is 0.538. The van der Waals surface area contributed by atoms with Crippen molar-refractivity contribution in [1.82, 2.24) is 13.9 Å². The van der Waals surface area contributed by atoms with Gasteiger partial charge in [-0.05, 0) is 57.0 Å². The molecule has 164 valence electrons. The first-order valence-corrected chi connectivity index (χ1v) is 12.8. The maximum atomic E-state index is 12.8. The van der Waals surface area contributed by atoms with Crippen molar-refractivity contribution < 1.29 is 13.2 Å². The van der Waals surface area contributed by atoms with Gasteiger partial charge < -0.3 is 9.88 Å². The number of thioether (sulfide) groups is 1. The first kappa shape index (κ1) is 21.9. The van der Waals surface area contributed by atoms with Gasteiger partial charge in [-0.15, -0.1) is 0 Å². The van der Waals surface area contributed by atoms with E-state index >= 15 is 0 Å². The predicted molar refractivity (Wildman–Crippen MR) is 124 cm³/mol. The standard InChI is InChI=1S/C22H26N4O3S2/c1-16(2)26-20-11-4-3-10-19(20)24-22(26)30-15-21(27)23-17-8-7-9-18(14-17)31(28,29)25-12-5-6-13-25/h3-4,7-11,14,16H,5-6,12-13,15H2,1-2H3,(H,23,27). The molecule has 2 aromatic carbocycles. The van der Waals surface area contributed by atoms with E-state index < -0.39 is 10.0 Å². The van der Waals surface area contributed by atoms with E-state index in [1.807, 2.05) is 24.3 Å². The predicted octanol–water partition coefficient (Wildman–Crippen LogP) is 4.13. The summed E-state index contributed by atoms with van der Waals surface area (Å²) in [5, 5.41) is 3.61. The van der Waals surface area contributed by atoms with E-state index in [2.05, 4.69) is 28.7 Å². The molecular formula is C22H26N4O3S2. The molecule has 2 heterocycles. The molecule has 0 atom stereocenters. The van der Waals surface area contributed by atoms with Crippen molar-refractivity contribution in [3.8, 4) is 0 Å². The number of fused-ring (bicyclic) bond motifs is 1. The van der Waals surface area contributed by atoms with Gasteiger partial charge in [-0.3, -0.25) is 4.79 Å². The van der Waals surface area contributed by atoms with Gasteiger partial charge in [-0.1, -0.05) is 30.0 Å². The topological polar surface area (TPSA) is 84.3 Å². The van der Waals surface area contributed by atoms with Crippen molar-refractivity contribution in [1.29, 1.82) is 0 Å². The van der Waals surface area contributed by atoms with Gasteiger partial charge in [0.1, 0.15) is 0 Å². The number of anilines is 1. The van der Waals surface area contributed by atoms with Crippen molar-refractivity contribution in [2.75, 3.05) is 24.2 Å². The number of carbonyl (C=O) groups excluding carboxylic acids is 1. The summed E-state index contributed by atoms with van der Waals surface area (Å²) in [5.41, 5.74) is 2.42. The highest BCUT2D eigenvalue weighted by Gasteiger charge is 2.27. The van der Waals surface area contributed by atoms with Crippen LogP contribution in [0.25, 0.3) is 11.0 Å². The van der Waals surface area contributed by atoms with Crippen LogP contribution in [0.1, 0.15) is 32.7 Å². The number of carbonyl (C=O) groups is 1.